The predicted molar refractivity (Wildman–Crippen MR) is 76.6 cm³/mol. The van der Waals surface area contributed by atoms with Crippen LogP contribution in [0.15, 0.2) is 36.4 Å². The van der Waals surface area contributed by atoms with Gasteiger partial charge in [0.05, 0.1) is 12.0 Å². The molecule has 0 bridgehead atoms. The summed E-state index contributed by atoms with van der Waals surface area (Å²) in [6.45, 7) is 2.02. The molecule has 0 radical (unpaired) electrons. The van der Waals surface area contributed by atoms with E-state index in [1.54, 1.807) is 12.2 Å². The van der Waals surface area contributed by atoms with Gasteiger partial charge in [-0.2, -0.15) is 0 Å². The Morgan fingerprint density at radius 1 is 1.30 bits per heavy atom. The minimum atomic E-state index is -0.859. The summed E-state index contributed by atoms with van der Waals surface area (Å²) >= 11 is 0. The summed E-state index contributed by atoms with van der Waals surface area (Å²) in [6, 6.07) is 7.06. The number of aryl methyl sites for hydroxylation is 1. The third kappa shape index (κ3) is 3.38. The fourth-order valence-electron chi connectivity index (χ4n) is 2.27. The number of rotatable bonds is 4. The predicted octanol–water partition coefficient (Wildman–Crippen LogP) is 2.40. The summed E-state index contributed by atoms with van der Waals surface area (Å²) in [5, 5.41) is 14.5. The van der Waals surface area contributed by atoms with Gasteiger partial charge in [-0.25, -0.2) is 4.79 Å². The van der Waals surface area contributed by atoms with Crippen LogP contribution in [0.25, 0.3) is 0 Å². The molecule has 1 aliphatic rings. The number of carboxylic acids is 1. The van der Waals surface area contributed by atoms with Crippen LogP contribution in [0.1, 0.15) is 18.9 Å². The highest BCUT2D eigenvalue weighted by atomic mass is 16.4. The van der Waals surface area contributed by atoms with E-state index in [0.717, 1.165) is 17.7 Å². The van der Waals surface area contributed by atoms with Crippen molar-refractivity contribution in [3.8, 4) is 0 Å². The van der Waals surface area contributed by atoms with Crippen LogP contribution in [0.4, 0.5) is 10.5 Å². The van der Waals surface area contributed by atoms with E-state index < -0.39 is 11.9 Å². The molecule has 5 nitrogen and oxygen atoms in total. The molecule has 0 aliphatic heterocycles. The molecule has 0 spiro atoms. The average molecular weight is 274 g/mol. The van der Waals surface area contributed by atoms with Crippen LogP contribution in [0.2, 0.25) is 0 Å². The third-order valence-corrected chi connectivity index (χ3v) is 3.36. The van der Waals surface area contributed by atoms with Crippen LogP contribution < -0.4 is 10.6 Å². The van der Waals surface area contributed by atoms with Crippen molar-refractivity contribution in [2.24, 2.45) is 5.92 Å². The second kappa shape index (κ2) is 6.23. The lowest BCUT2D eigenvalue weighted by atomic mass is 10.1. The molecule has 5 heteroatoms. The van der Waals surface area contributed by atoms with E-state index in [2.05, 4.69) is 10.6 Å². The highest BCUT2D eigenvalue weighted by molar-refractivity contribution is 5.90. The van der Waals surface area contributed by atoms with Crippen LogP contribution in [0.5, 0.6) is 0 Å². The fraction of sp³-hybridized carbons (Fsp3) is 0.333. The first kappa shape index (κ1) is 14.1. The molecule has 20 heavy (non-hydrogen) atoms. The van der Waals surface area contributed by atoms with Gasteiger partial charge in [-0.3, -0.25) is 4.79 Å². The minimum absolute atomic E-state index is 0.232. The van der Waals surface area contributed by atoms with Gasteiger partial charge in [-0.05, 0) is 24.5 Å². The maximum atomic E-state index is 11.9. The van der Waals surface area contributed by atoms with Crippen LogP contribution >= 0.6 is 0 Å². The van der Waals surface area contributed by atoms with Gasteiger partial charge >= 0.3 is 12.0 Å². The number of benzene rings is 1. The van der Waals surface area contributed by atoms with E-state index in [-0.39, 0.29) is 12.1 Å². The van der Waals surface area contributed by atoms with Crippen molar-refractivity contribution in [2.45, 2.75) is 25.8 Å². The maximum Gasteiger partial charge on any atom is 0.319 e. The smallest absolute Gasteiger partial charge is 0.319 e. The normalized spacial score (nSPS) is 20.6. The largest absolute Gasteiger partial charge is 0.481 e. The quantitative estimate of drug-likeness (QED) is 0.738. The molecule has 2 rings (SSSR count). The molecule has 1 aliphatic carbocycles. The van der Waals surface area contributed by atoms with Gasteiger partial charge in [0.25, 0.3) is 0 Å². The number of urea groups is 1. The maximum absolute atomic E-state index is 11.9. The number of hydrogen-bond acceptors (Lipinski definition) is 2. The number of aliphatic carboxylic acids is 1. The number of anilines is 1. The van der Waals surface area contributed by atoms with Crippen molar-refractivity contribution in [1.29, 1.82) is 0 Å². The number of carbonyl (C=O) groups is 2. The second-order valence-corrected chi connectivity index (χ2v) is 4.78. The molecular weight excluding hydrogens is 256 g/mol. The Labute approximate surface area is 117 Å². The molecule has 106 valence electrons. The monoisotopic (exact) mass is 274 g/mol. The molecule has 2 atom stereocenters. The van der Waals surface area contributed by atoms with E-state index in [9.17, 15) is 9.59 Å². The Kier molecular flexibility index (Phi) is 4.40. The van der Waals surface area contributed by atoms with Gasteiger partial charge in [-0.15, -0.1) is 0 Å². The topological polar surface area (TPSA) is 78.4 Å². The SMILES string of the molecule is CCc1ccccc1NC(=O)NC1C=CC(C(=O)O)C1. The molecule has 1 aromatic rings. The van der Waals surface area contributed by atoms with E-state index in [1.807, 2.05) is 31.2 Å². The lowest BCUT2D eigenvalue weighted by Gasteiger charge is -2.14. The Bertz CT molecular complexity index is 540. The number of para-hydroxylation sites is 1. The molecule has 0 heterocycles. The van der Waals surface area contributed by atoms with Gasteiger partial charge < -0.3 is 15.7 Å². The molecule has 1 aromatic carbocycles. The first-order valence-corrected chi connectivity index (χ1v) is 6.66. The van der Waals surface area contributed by atoms with Crippen molar-refractivity contribution in [1.82, 2.24) is 5.32 Å². The lowest BCUT2D eigenvalue weighted by Crippen LogP contribution is -2.36. The van der Waals surface area contributed by atoms with Gasteiger partial charge in [0.15, 0.2) is 0 Å². The zero-order valence-corrected chi connectivity index (χ0v) is 11.3. The molecule has 3 N–H and O–H groups in total. The summed E-state index contributed by atoms with van der Waals surface area (Å²) in [6.07, 6.45) is 4.58. The Morgan fingerprint density at radius 2 is 2.05 bits per heavy atom. The Hall–Kier alpha value is -2.30. The van der Waals surface area contributed by atoms with Gasteiger partial charge in [0.1, 0.15) is 0 Å². The fourth-order valence-corrected chi connectivity index (χ4v) is 2.27. The highest BCUT2D eigenvalue weighted by Gasteiger charge is 2.25. The van der Waals surface area contributed by atoms with Crippen LogP contribution in [-0.4, -0.2) is 23.1 Å². The van der Waals surface area contributed by atoms with E-state index in [4.69, 9.17) is 5.11 Å². The summed E-state index contributed by atoms with van der Waals surface area (Å²) in [4.78, 5) is 22.7. The van der Waals surface area contributed by atoms with Gasteiger partial charge in [0, 0.05) is 5.69 Å². The molecule has 0 fully saturated rings. The third-order valence-electron chi connectivity index (χ3n) is 3.36. The van der Waals surface area contributed by atoms with Crippen molar-refractivity contribution in [3.05, 3.63) is 42.0 Å². The van der Waals surface area contributed by atoms with Gasteiger partial charge in [0.2, 0.25) is 0 Å². The number of carbonyl (C=O) groups excluding carboxylic acids is 1. The lowest BCUT2D eigenvalue weighted by molar-refractivity contribution is -0.140. The number of nitrogens with one attached hydrogen (secondary N) is 2. The molecule has 0 saturated carbocycles. The highest BCUT2D eigenvalue weighted by Crippen LogP contribution is 2.19. The molecule has 2 unspecified atom stereocenters. The van der Waals surface area contributed by atoms with Crippen molar-refractivity contribution in [3.63, 3.8) is 0 Å². The first-order chi connectivity index (χ1) is 9.60. The van der Waals surface area contributed by atoms with Crippen molar-refractivity contribution < 1.29 is 14.7 Å². The van der Waals surface area contributed by atoms with Crippen LogP contribution in [0, 0.1) is 5.92 Å². The number of amides is 2. The molecule has 0 aromatic heterocycles. The van der Waals surface area contributed by atoms with E-state index >= 15 is 0 Å². The van der Waals surface area contributed by atoms with Crippen LogP contribution in [0.3, 0.4) is 0 Å². The van der Waals surface area contributed by atoms with Crippen LogP contribution in [-0.2, 0) is 11.2 Å². The molecular formula is C15H18N2O3. The zero-order valence-electron chi connectivity index (χ0n) is 11.3. The minimum Gasteiger partial charge on any atom is -0.481 e. The molecule has 0 saturated heterocycles. The van der Waals surface area contributed by atoms with Gasteiger partial charge in [-0.1, -0.05) is 37.3 Å². The number of hydrogen-bond donors (Lipinski definition) is 3. The van der Waals surface area contributed by atoms with Crippen molar-refractivity contribution >= 4 is 17.7 Å². The van der Waals surface area contributed by atoms with Crippen molar-refractivity contribution in [2.75, 3.05) is 5.32 Å². The first-order valence-electron chi connectivity index (χ1n) is 6.66. The standard InChI is InChI=1S/C15H18N2O3/c1-2-10-5-3-4-6-13(10)17-15(20)16-12-8-7-11(9-12)14(18)19/h3-8,11-12H,2,9H2,1H3,(H,18,19)(H2,16,17,20). The Morgan fingerprint density at radius 3 is 2.70 bits per heavy atom. The summed E-state index contributed by atoms with van der Waals surface area (Å²) in [5.74, 6) is -1.37. The summed E-state index contributed by atoms with van der Waals surface area (Å²) in [5.41, 5.74) is 1.84. The Balaban J connectivity index is 1.91. The summed E-state index contributed by atoms with van der Waals surface area (Å²) < 4.78 is 0. The number of carboxylic acid groups (broad SMARTS) is 1. The second-order valence-electron chi connectivity index (χ2n) is 4.78. The van der Waals surface area contributed by atoms with E-state index in [1.165, 1.54) is 0 Å². The zero-order chi connectivity index (χ0) is 14.5. The molecule has 2 amide bonds. The van der Waals surface area contributed by atoms with E-state index in [0.29, 0.717) is 6.42 Å². The summed E-state index contributed by atoms with van der Waals surface area (Å²) in [7, 11) is 0. The average Bonchev–Trinajstić information content (AvgIpc) is 2.88.